The molecule has 3 rings (SSSR count). The van der Waals surface area contributed by atoms with Crippen LogP contribution >= 0.6 is 23.1 Å². The average Bonchev–Trinajstić information content (AvgIpc) is 3.24. The predicted molar refractivity (Wildman–Crippen MR) is 88.9 cm³/mol. The van der Waals surface area contributed by atoms with E-state index in [0.29, 0.717) is 10.9 Å². The molecule has 0 aliphatic carbocycles. The lowest BCUT2D eigenvalue weighted by molar-refractivity contribution is -0.0512. The maximum Gasteiger partial charge on any atom is 0.387 e. The molecule has 24 heavy (non-hydrogen) atoms. The number of hydrogen-bond donors (Lipinski definition) is 1. The highest BCUT2D eigenvalue weighted by Gasteiger charge is 2.12. The molecule has 2 aromatic heterocycles. The lowest BCUT2D eigenvalue weighted by Crippen LogP contribution is -2.03. The summed E-state index contributed by atoms with van der Waals surface area (Å²) in [6, 6.07) is 8.75. The van der Waals surface area contributed by atoms with Crippen molar-refractivity contribution in [3.05, 3.63) is 41.3 Å². The van der Waals surface area contributed by atoms with Crippen LogP contribution in [0.2, 0.25) is 0 Å². The molecule has 0 bridgehead atoms. The van der Waals surface area contributed by atoms with Gasteiger partial charge in [-0.15, -0.1) is 16.4 Å². The van der Waals surface area contributed by atoms with Gasteiger partial charge in [0, 0.05) is 5.75 Å². The fourth-order valence-corrected chi connectivity index (χ4v) is 3.38. The number of nitrogens with zero attached hydrogens (tertiary/aromatic N) is 2. The van der Waals surface area contributed by atoms with Gasteiger partial charge in [-0.05, 0) is 29.1 Å². The van der Waals surface area contributed by atoms with E-state index in [0.717, 1.165) is 16.3 Å². The molecule has 5 nitrogen and oxygen atoms in total. The molecule has 1 aromatic carbocycles. The number of benzene rings is 1. The van der Waals surface area contributed by atoms with E-state index < -0.39 is 6.61 Å². The van der Waals surface area contributed by atoms with E-state index in [1.165, 1.54) is 24.9 Å². The third-order valence-corrected chi connectivity index (χ3v) is 4.83. The van der Waals surface area contributed by atoms with Crippen LogP contribution in [0, 0.1) is 0 Å². The normalized spacial score (nSPS) is 11.0. The van der Waals surface area contributed by atoms with Crippen molar-refractivity contribution >= 4 is 23.1 Å². The van der Waals surface area contributed by atoms with Crippen LogP contribution < -0.4 is 9.47 Å². The summed E-state index contributed by atoms with van der Waals surface area (Å²) >= 11 is 3.02. The van der Waals surface area contributed by atoms with Gasteiger partial charge in [-0.2, -0.15) is 8.78 Å². The second-order valence-corrected chi connectivity index (χ2v) is 6.49. The van der Waals surface area contributed by atoms with Crippen LogP contribution in [-0.4, -0.2) is 28.9 Å². The minimum Gasteiger partial charge on any atom is -0.493 e. The molecule has 0 amide bonds. The Bertz CT molecular complexity index is 794. The Morgan fingerprint density at radius 1 is 1.29 bits per heavy atom. The van der Waals surface area contributed by atoms with Crippen LogP contribution in [0.15, 0.2) is 40.9 Å². The fourth-order valence-electron chi connectivity index (χ4n) is 1.98. The highest BCUT2D eigenvalue weighted by atomic mass is 32.2. The summed E-state index contributed by atoms with van der Waals surface area (Å²) in [6.45, 7) is -2.89. The maximum atomic E-state index is 12.3. The molecule has 0 aliphatic heterocycles. The minimum absolute atomic E-state index is 0.0131. The van der Waals surface area contributed by atoms with Crippen molar-refractivity contribution in [2.24, 2.45) is 0 Å². The number of rotatable bonds is 7. The van der Waals surface area contributed by atoms with Gasteiger partial charge < -0.3 is 9.47 Å². The minimum atomic E-state index is -2.89. The van der Waals surface area contributed by atoms with Crippen LogP contribution in [0.25, 0.3) is 10.7 Å². The Kier molecular flexibility index (Phi) is 5.31. The molecule has 0 fully saturated rings. The highest BCUT2D eigenvalue weighted by Crippen LogP contribution is 2.32. The number of ether oxygens (including phenoxy) is 2. The number of aromatic nitrogens is 3. The van der Waals surface area contributed by atoms with E-state index in [2.05, 4.69) is 19.9 Å². The number of thioether (sulfide) groups is 1. The zero-order chi connectivity index (χ0) is 16.9. The summed E-state index contributed by atoms with van der Waals surface area (Å²) < 4.78 is 34.1. The number of aromatic amines is 1. The summed E-state index contributed by atoms with van der Waals surface area (Å²) in [5, 5.41) is 9.65. The molecule has 0 atom stereocenters. The Morgan fingerprint density at radius 2 is 2.17 bits per heavy atom. The summed E-state index contributed by atoms with van der Waals surface area (Å²) in [6.07, 6.45) is 0. The number of thiophene rings is 1. The first-order valence-corrected chi connectivity index (χ1v) is 8.73. The Balaban J connectivity index is 1.66. The Labute approximate surface area is 145 Å². The van der Waals surface area contributed by atoms with Crippen LogP contribution in [0.3, 0.4) is 0 Å². The standard InChI is InChI=1S/C15H13F2N3O2S2/c1-21-11-7-9(4-5-10(11)22-14(16)17)8-24-15-18-13(19-20-15)12-3-2-6-23-12/h2-7,14H,8H2,1H3,(H,18,19,20). The zero-order valence-electron chi connectivity index (χ0n) is 12.5. The van der Waals surface area contributed by atoms with Crippen LogP contribution in [0.5, 0.6) is 11.5 Å². The molecule has 0 unspecified atom stereocenters. The van der Waals surface area contributed by atoms with Crippen LogP contribution in [0.4, 0.5) is 8.78 Å². The summed E-state index contributed by atoms with van der Waals surface area (Å²) in [4.78, 5) is 5.44. The summed E-state index contributed by atoms with van der Waals surface area (Å²) in [5.41, 5.74) is 0.890. The smallest absolute Gasteiger partial charge is 0.387 e. The lowest BCUT2D eigenvalue weighted by Gasteiger charge is -2.10. The van der Waals surface area contributed by atoms with E-state index in [-0.39, 0.29) is 11.5 Å². The van der Waals surface area contributed by atoms with Gasteiger partial charge in [0.2, 0.25) is 5.16 Å². The van der Waals surface area contributed by atoms with Gasteiger partial charge in [0.1, 0.15) is 0 Å². The number of nitrogens with one attached hydrogen (secondary N) is 1. The second kappa shape index (κ2) is 7.63. The number of alkyl halides is 2. The van der Waals surface area contributed by atoms with Gasteiger partial charge in [-0.1, -0.05) is 23.9 Å². The lowest BCUT2D eigenvalue weighted by atomic mass is 10.2. The van der Waals surface area contributed by atoms with Crippen molar-refractivity contribution in [2.75, 3.05) is 7.11 Å². The summed E-state index contributed by atoms with van der Waals surface area (Å²) in [5.74, 6) is 1.58. The van der Waals surface area contributed by atoms with Gasteiger partial charge in [0.05, 0.1) is 12.0 Å². The largest absolute Gasteiger partial charge is 0.493 e. The molecule has 0 saturated heterocycles. The van der Waals surface area contributed by atoms with Gasteiger partial charge in [0.15, 0.2) is 17.3 Å². The summed E-state index contributed by atoms with van der Waals surface area (Å²) in [7, 11) is 1.41. The topological polar surface area (TPSA) is 60.0 Å². The third-order valence-electron chi connectivity index (χ3n) is 3.03. The van der Waals surface area contributed by atoms with E-state index in [9.17, 15) is 8.78 Å². The maximum absolute atomic E-state index is 12.3. The number of hydrogen-bond acceptors (Lipinski definition) is 6. The van der Waals surface area contributed by atoms with E-state index in [4.69, 9.17) is 4.74 Å². The molecule has 0 aliphatic rings. The molecule has 0 saturated carbocycles. The van der Waals surface area contributed by atoms with E-state index in [1.54, 1.807) is 23.5 Å². The van der Waals surface area contributed by atoms with Crippen LogP contribution in [0.1, 0.15) is 5.56 Å². The number of methoxy groups -OCH3 is 1. The number of H-pyrrole nitrogens is 1. The molecular weight excluding hydrogens is 356 g/mol. The average molecular weight is 369 g/mol. The van der Waals surface area contributed by atoms with Crippen molar-refractivity contribution in [1.29, 1.82) is 0 Å². The molecule has 126 valence electrons. The van der Waals surface area contributed by atoms with Gasteiger partial charge in [-0.25, -0.2) is 4.98 Å². The fraction of sp³-hybridized carbons (Fsp3) is 0.200. The van der Waals surface area contributed by atoms with Crippen molar-refractivity contribution in [2.45, 2.75) is 17.5 Å². The van der Waals surface area contributed by atoms with E-state index in [1.807, 2.05) is 17.5 Å². The first kappa shape index (κ1) is 16.7. The Hall–Kier alpha value is -2.13. The van der Waals surface area contributed by atoms with Crippen molar-refractivity contribution in [1.82, 2.24) is 15.2 Å². The van der Waals surface area contributed by atoms with Gasteiger partial charge >= 0.3 is 6.61 Å². The molecule has 9 heteroatoms. The second-order valence-electron chi connectivity index (χ2n) is 4.60. The Morgan fingerprint density at radius 3 is 2.88 bits per heavy atom. The monoisotopic (exact) mass is 369 g/mol. The molecule has 0 spiro atoms. The van der Waals surface area contributed by atoms with Gasteiger partial charge in [0.25, 0.3) is 0 Å². The van der Waals surface area contributed by atoms with Crippen molar-refractivity contribution in [3.8, 4) is 22.2 Å². The highest BCUT2D eigenvalue weighted by molar-refractivity contribution is 7.98. The van der Waals surface area contributed by atoms with Gasteiger partial charge in [-0.3, -0.25) is 5.10 Å². The third kappa shape index (κ3) is 4.04. The molecular formula is C15H13F2N3O2S2. The molecule has 2 heterocycles. The zero-order valence-corrected chi connectivity index (χ0v) is 14.2. The SMILES string of the molecule is COc1cc(CSc2n[nH]c(-c3cccs3)n2)ccc1OC(F)F. The quantitative estimate of drug-likeness (QED) is 0.624. The first-order chi connectivity index (χ1) is 11.7. The van der Waals surface area contributed by atoms with Crippen LogP contribution in [-0.2, 0) is 5.75 Å². The molecule has 1 N–H and O–H groups in total. The molecule has 3 aromatic rings. The van der Waals surface area contributed by atoms with Crippen molar-refractivity contribution < 1.29 is 18.3 Å². The van der Waals surface area contributed by atoms with E-state index >= 15 is 0 Å². The number of halogens is 2. The molecule has 0 radical (unpaired) electrons. The first-order valence-electron chi connectivity index (χ1n) is 6.86. The predicted octanol–water partition coefficient (Wildman–Crippen LogP) is 4.44. The van der Waals surface area contributed by atoms with Crippen molar-refractivity contribution in [3.63, 3.8) is 0 Å².